The number of imidazole rings is 1. The topological polar surface area (TPSA) is 179 Å². The van der Waals surface area contributed by atoms with Crippen molar-refractivity contribution in [3.8, 4) is 22.9 Å². The van der Waals surface area contributed by atoms with Crippen LogP contribution in [0, 0.1) is 0 Å². The van der Waals surface area contributed by atoms with Crippen molar-refractivity contribution in [2.24, 2.45) is 5.73 Å². The van der Waals surface area contributed by atoms with Crippen LogP contribution < -0.4 is 17.0 Å². The molecule has 0 saturated heterocycles. The van der Waals surface area contributed by atoms with Crippen LogP contribution in [-0.4, -0.2) is 45.4 Å². The van der Waals surface area contributed by atoms with Crippen molar-refractivity contribution in [3.63, 3.8) is 0 Å². The molecule has 1 aliphatic carbocycles. The van der Waals surface area contributed by atoms with Crippen molar-refractivity contribution in [3.05, 3.63) is 112 Å². The SMILES string of the molecule is NC(=O)c1ccc2[nH][nH]c(=O)c2c1.Nc1ncccc1-c1nc2ccc(-n3cccn3)nc2n1-c1ccc2c(c1)CCC2. The van der Waals surface area contributed by atoms with Gasteiger partial charge in [-0.1, -0.05) is 6.07 Å². The van der Waals surface area contributed by atoms with Crippen molar-refractivity contribution in [2.45, 2.75) is 19.3 Å². The van der Waals surface area contributed by atoms with Crippen LogP contribution in [0.25, 0.3) is 45.0 Å². The minimum absolute atomic E-state index is 0.252. The zero-order valence-electron chi connectivity index (χ0n) is 22.9. The van der Waals surface area contributed by atoms with E-state index >= 15 is 0 Å². The highest BCUT2D eigenvalue weighted by Crippen LogP contribution is 2.32. The van der Waals surface area contributed by atoms with Crippen LogP contribution in [0.15, 0.2) is 90.1 Å². The second-order valence-electron chi connectivity index (χ2n) is 10.2. The van der Waals surface area contributed by atoms with Crippen LogP contribution in [0.2, 0.25) is 0 Å². The first-order chi connectivity index (χ1) is 21.0. The zero-order chi connectivity index (χ0) is 29.5. The fourth-order valence-electron chi connectivity index (χ4n) is 5.39. The molecule has 12 nitrogen and oxygen atoms in total. The Kier molecular flexibility index (Phi) is 6.27. The molecule has 212 valence electrons. The molecule has 5 heterocycles. The number of amides is 1. The van der Waals surface area contributed by atoms with Crippen LogP contribution >= 0.6 is 0 Å². The number of nitrogens with one attached hydrogen (secondary N) is 2. The number of carbonyl (C=O) groups excluding carboxylic acids is 1. The number of pyridine rings is 2. The minimum Gasteiger partial charge on any atom is -0.383 e. The number of aromatic amines is 2. The summed E-state index contributed by atoms with van der Waals surface area (Å²) < 4.78 is 3.83. The largest absolute Gasteiger partial charge is 0.383 e. The first-order valence-corrected chi connectivity index (χ1v) is 13.7. The Morgan fingerprint density at radius 3 is 2.60 bits per heavy atom. The molecule has 2 aromatic carbocycles. The van der Waals surface area contributed by atoms with E-state index in [-0.39, 0.29) is 5.56 Å². The van der Waals surface area contributed by atoms with E-state index in [0.29, 0.717) is 22.3 Å². The molecule has 0 bridgehead atoms. The molecule has 1 aliphatic rings. The van der Waals surface area contributed by atoms with Crippen LogP contribution in [0.4, 0.5) is 5.82 Å². The summed E-state index contributed by atoms with van der Waals surface area (Å²) in [6.07, 6.45) is 8.76. The van der Waals surface area contributed by atoms with Gasteiger partial charge in [-0.05, 0) is 91.1 Å². The van der Waals surface area contributed by atoms with Crippen LogP contribution in [0.1, 0.15) is 27.9 Å². The molecule has 0 radical (unpaired) electrons. The van der Waals surface area contributed by atoms with Gasteiger partial charge in [0.05, 0.1) is 16.5 Å². The lowest BCUT2D eigenvalue weighted by Crippen LogP contribution is -2.11. The molecule has 8 rings (SSSR count). The van der Waals surface area contributed by atoms with Gasteiger partial charge in [-0.2, -0.15) is 5.10 Å². The van der Waals surface area contributed by atoms with Crippen molar-refractivity contribution in [1.82, 2.24) is 39.5 Å². The van der Waals surface area contributed by atoms with Crippen LogP contribution in [-0.2, 0) is 12.8 Å². The van der Waals surface area contributed by atoms with Gasteiger partial charge < -0.3 is 11.5 Å². The number of anilines is 1. The standard InChI is InChI=1S/C23H19N7.C8H7N3O2/c24-21-18(6-2-11-25-21)22-27-19-9-10-20(29-13-3-12-26-29)28-23(19)30(22)17-8-7-15-4-1-5-16(15)14-17;9-7(12)4-1-2-6-5(3-4)8(13)11-10-6/h2-3,6-14H,1,4-5H2,(H2,24,25);1-3H,(H2,9,12)(H2,10,11,13). The van der Waals surface area contributed by atoms with Gasteiger partial charge in [0.2, 0.25) is 5.91 Å². The van der Waals surface area contributed by atoms with E-state index in [2.05, 4.69) is 43.0 Å². The number of fused-ring (bicyclic) bond motifs is 3. The van der Waals surface area contributed by atoms with Gasteiger partial charge in [-0.15, -0.1) is 0 Å². The first kappa shape index (κ1) is 25.9. The summed E-state index contributed by atoms with van der Waals surface area (Å²) in [7, 11) is 0. The normalized spacial score (nSPS) is 12.3. The zero-order valence-corrected chi connectivity index (χ0v) is 22.9. The lowest BCUT2D eigenvalue weighted by atomic mass is 10.1. The lowest BCUT2D eigenvalue weighted by molar-refractivity contribution is 0.100. The van der Waals surface area contributed by atoms with Crippen LogP contribution in [0.3, 0.4) is 0 Å². The maximum atomic E-state index is 11.1. The number of carbonyl (C=O) groups is 1. The molecule has 7 aromatic rings. The number of primary amides is 1. The van der Waals surface area contributed by atoms with Gasteiger partial charge in [-0.3, -0.25) is 24.4 Å². The highest BCUT2D eigenvalue weighted by atomic mass is 16.1. The van der Waals surface area contributed by atoms with Crippen molar-refractivity contribution < 1.29 is 4.79 Å². The second-order valence-corrected chi connectivity index (χ2v) is 10.2. The monoisotopic (exact) mass is 570 g/mol. The summed E-state index contributed by atoms with van der Waals surface area (Å²) >= 11 is 0. The average Bonchev–Trinajstić information content (AvgIpc) is 3.83. The van der Waals surface area contributed by atoms with Crippen molar-refractivity contribution in [2.75, 3.05) is 5.73 Å². The number of aryl methyl sites for hydroxylation is 2. The third kappa shape index (κ3) is 4.70. The number of hydrogen-bond acceptors (Lipinski definition) is 7. The minimum atomic E-state index is -0.539. The van der Waals surface area contributed by atoms with Gasteiger partial charge in [-0.25, -0.2) is 19.6 Å². The van der Waals surface area contributed by atoms with E-state index in [1.54, 1.807) is 29.2 Å². The number of hydrogen-bond donors (Lipinski definition) is 4. The maximum absolute atomic E-state index is 11.1. The van der Waals surface area contributed by atoms with Gasteiger partial charge in [0, 0.05) is 29.8 Å². The summed E-state index contributed by atoms with van der Waals surface area (Å²) in [4.78, 5) is 35.9. The summed E-state index contributed by atoms with van der Waals surface area (Å²) in [5.41, 5.74) is 18.2. The van der Waals surface area contributed by atoms with Gasteiger partial charge >= 0.3 is 0 Å². The summed E-state index contributed by atoms with van der Waals surface area (Å²) in [6.45, 7) is 0. The Balaban J connectivity index is 0.000000193. The molecule has 0 aliphatic heterocycles. The quantitative estimate of drug-likeness (QED) is 0.249. The number of rotatable bonds is 4. The fraction of sp³-hybridized carbons (Fsp3) is 0.0968. The number of nitrogens with zero attached hydrogens (tertiary/aromatic N) is 6. The Morgan fingerprint density at radius 1 is 0.907 bits per heavy atom. The lowest BCUT2D eigenvalue weighted by Gasteiger charge is -2.12. The molecule has 0 spiro atoms. The van der Waals surface area contributed by atoms with Gasteiger partial charge in [0.1, 0.15) is 11.3 Å². The van der Waals surface area contributed by atoms with Gasteiger partial charge in [0.25, 0.3) is 5.56 Å². The highest BCUT2D eigenvalue weighted by Gasteiger charge is 2.20. The van der Waals surface area contributed by atoms with Crippen LogP contribution in [0.5, 0.6) is 0 Å². The Morgan fingerprint density at radius 2 is 1.79 bits per heavy atom. The third-order valence-corrected chi connectivity index (χ3v) is 7.51. The Hall–Kier alpha value is -6.04. The highest BCUT2D eigenvalue weighted by molar-refractivity contribution is 5.96. The van der Waals surface area contributed by atoms with E-state index < -0.39 is 5.91 Å². The molecular weight excluding hydrogens is 544 g/mol. The molecule has 6 N–H and O–H groups in total. The van der Waals surface area contributed by atoms with E-state index in [0.717, 1.165) is 46.9 Å². The molecule has 0 unspecified atom stereocenters. The van der Waals surface area contributed by atoms with E-state index in [4.69, 9.17) is 21.4 Å². The number of aromatic nitrogens is 8. The predicted octanol–water partition coefficient (Wildman–Crippen LogP) is 3.69. The molecule has 43 heavy (non-hydrogen) atoms. The third-order valence-electron chi connectivity index (χ3n) is 7.51. The predicted molar refractivity (Wildman–Crippen MR) is 163 cm³/mol. The molecule has 5 aromatic heterocycles. The molecule has 0 atom stereocenters. The average molecular weight is 571 g/mol. The smallest absolute Gasteiger partial charge is 0.271 e. The Bertz CT molecular complexity index is 2190. The number of H-pyrrole nitrogens is 2. The van der Waals surface area contributed by atoms with Crippen molar-refractivity contribution >= 4 is 33.8 Å². The Labute approximate surface area is 244 Å². The number of nitrogen functional groups attached to an aromatic ring is 1. The van der Waals surface area contributed by atoms with E-state index in [1.807, 2.05) is 36.5 Å². The summed E-state index contributed by atoms with van der Waals surface area (Å²) in [5.74, 6) is 1.38. The van der Waals surface area contributed by atoms with E-state index in [9.17, 15) is 9.59 Å². The fourth-order valence-corrected chi connectivity index (χ4v) is 5.39. The van der Waals surface area contributed by atoms with Gasteiger partial charge in [0.15, 0.2) is 17.3 Å². The summed E-state index contributed by atoms with van der Waals surface area (Å²) in [6, 6.07) is 20.9. The first-order valence-electron chi connectivity index (χ1n) is 13.7. The van der Waals surface area contributed by atoms with E-state index in [1.165, 1.54) is 23.6 Å². The molecule has 0 saturated carbocycles. The molecule has 1 amide bonds. The number of nitrogens with two attached hydrogens (primary N) is 2. The molecular formula is C31H26N10O2. The maximum Gasteiger partial charge on any atom is 0.271 e. The van der Waals surface area contributed by atoms with Crippen molar-refractivity contribution in [1.29, 1.82) is 0 Å². The second kappa shape index (κ2) is 10.4. The summed E-state index contributed by atoms with van der Waals surface area (Å²) in [5, 5.41) is 9.83. The number of benzene rings is 2. The molecule has 12 heteroatoms. The molecule has 0 fully saturated rings.